The SMILES string of the molecule is COc1ccc(CN(OC(Cl)(c2ccccc2)c2ccccc2Cl)C(=O)N2CCC2)cc1. The Balaban J connectivity index is 1.72. The Labute approximate surface area is 198 Å². The van der Waals surface area contributed by atoms with Crippen molar-refractivity contribution in [2.24, 2.45) is 0 Å². The van der Waals surface area contributed by atoms with Crippen molar-refractivity contribution in [1.82, 2.24) is 9.96 Å². The van der Waals surface area contributed by atoms with E-state index in [4.69, 9.17) is 32.8 Å². The minimum absolute atomic E-state index is 0.213. The maximum atomic E-state index is 13.3. The Morgan fingerprint density at radius 1 is 1.00 bits per heavy atom. The Morgan fingerprint density at radius 2 is 1.66 bits per heavy atom. The van der Waals surface area contributed by atoms with E-state index in [1.54, 1.807) is 18.1 Å². The summed E-state index contributed by atoms with van der Waals surface area (Å²) in [6.07, 6.45) is 0.970. The lowest BCUT2D eigenvalue weighted by molar-refractivity contribution is -0.182. The van der Waals surface area contributed by atoms with Crippen LogP contribution in [0.15, 0.2) is 78.9 Å². The summed E-state index contributed by atoms with van der Waals surface area (Å²) in [5.41, 5.74) is 2.11. The molecule has 1 fully saturated rings. The fourth-order valence-electron chi connectivity index (χ4n) is 3.48. The zero-order valence-electron chi connectivity index (χ0n) is 17.7. The van der Waals surface area contributed by atoms with Crippen molar-refractivity contribution in [1.29, 1.82) is 0 Å². The number of carbonyl (C=O) groups is 1. The van der Waals surface area contributed by atoms with Gasteiger partial charge in [0.25, 0.3) is 0 Å². The van der Waals surface area contributed by atoms with Gasteiger partial charge < -0.3 is 9.64 Å². The summed E-state index contributed by atoms with van der Waals surface area (Å²) in [5.74, 6) is 0.738. The fraction of sp³-hybridized carbons (Fsp3) is 0.240. The molecule has 166 valence electrons. The highest BCUT2D eigenvalue weighted by atomic mass is 35.5. The molecule has 0 aliphatic carbocycles. The summed E-state index contributed by atoms with van der Waals surface area (Å²) >= 11 is 13.7. The molecule has 0 radical (unpaired) electrons. The van der Waals surface area contributed by atoms with Crippen LogP contribution in [0, 0.1) is 0 Å². The number of rotatable bonds is 7. The van der Waals surface area contributed by atoms with Gasteiger partial charge in [-0.1, -0.05) is 83.9 Å². The molecule has 7 heteroatoms. The molecule has 0 spiro atoms. The highest BCUT2D eigenvalue weighted by Crippen LogP contribution is 2.42. The number of benzene rings is 3. The number of hydrogen-bond acceptors (Lipinski definition) is 3. The van der Waals surface area contributed by atoms with Gasteiger partial charge in [-0.05, 0) is 30.2 Å². The van der Waals surface area contributed by atoms with Crippen LogP contribution in [0.5, 0.6) is 5.75 Å². The van der Waals surface area contributed by atoms with E-state index in [1.807, 2.05) is 72.8 Å². The van der Waals surface area contributed by atoms with E-state index >= 15 is 0 Å². The van der Waals surface area contributed by atoms with Gasteiger partial charge in [0, 0.05) is 29.2 Å². The maximum Gasteiger partial charge on any atom is 0.344 e. The van der Waals surface area contributed by atoms with Crippen molar-refractivity contribution < 1.29 is 14.4 Å². The standard InChI is InChI=1S/C25H24Cl2N2O3/c1-31-21-14-12-19(13-15-21)18-29(24(30)28-16-7-17-28)32-25(27,20-8-3-2-4-9-20)22-10-5-6-11-23(22)26/h2-6,8-15H,7,16-18H2,1H3. The predicted molar refractivity (Wildman–Crippen MR) is 126 cm³/mol. The van der Waals surface area contributed by atoms with Crippen LogP contribution in [-0.4, -0.2) is 36.2 Å². The van der Waals surface area contributed by atoms with Crippen LogP contribution in [0.3, 0.4) is 0 Å². The van der Waals surface area contributed by atoms with Gasteiger partial charge in [0.05, 0.1) is 13.7 Å². The minimum atomic E-state index is -1.49. The number of hydroxylamine groups is 2. The Kier molecular flexibility index (Phi) is 6.89. The molecular formula is C25H24Cl2N2O3. The quantitative estimate of drug-likeness (QED) is 0.311. The minimum Gasteiger partial charge on any atom is -0.497 e. The first-order valence-corrected chi connectivity index (χ1v) is 11.1. The molecule has 32 heavy (non-hydrogen) atoms. The van der Waals surface area contributed by atoms with Crippen LogP contribution >= 0.6 is 23.2 Å². The molecule has 4 rings (SSSR count). The van der Waals surface area contributed by atoms with Crippen LogP contribution in [0.2, 0.25) is 5.02 Å². The summed E-state index contributed by atoms with van der Waals surface area (Å²) < 4.78 is 5.24. The number of carbonyl (C=O) groups excluding carboxylic acids is 1. The lowest BCUT2D eigenvalue weighted by Crippen LogP contribution is -2.51. The number of hydrogen-bond donors (Lipinski definition) is 0. The van der Waals surface area contributed by atoms with Crippen LogP contribution in [0.4, 0.5) is 4.79 Å². The molecule has 0 aromatic heterocycles. The average Bonchev–Trinajstić information content (AvgIpc) is 2.78. The molecular weight excluding hydrogens is 447 g/mol. The molecule has 3 aromatic carbocycles. The number of alkyl halides is 1. The summed E-state index contributed by atoms with van der Waals surface area (Å²) in [7, 11) is 1.61. The number of ether oxygens (including phenoxy) is 1. The molecule has 1 aliphatic rings. The predicted octanol–water partition coefficient (Wildman–Crippen LogP) is 6.05. The second kappa shape index (κ2) is 9.82. The van der Waals surface area contributed by atoms with Gasteiger partial charge in [-0.3, -0.25) is 0 Å². The van der Waals surface area contributed by atoms with E-state index in [9.17, 15) is 4.79 Å². The summed E-state index contributed by atoms with van der Waals surface area (Å²) in [6.45, 7) is 1.59. The first kappa shape index (κ1) is 22.5. The van der Waals surface area contributed by atoms with E-state index in [2.05, 4.69) is 0 Å². The molecule has 2 amide bonds. The second-order valence-corrected chi connectivity index (χ2v) is 8.48. The molecule has 1 heterocycles. The van der Waals surface area contributed by atoms with Crippen LogP contribution in [0.1, 0.15) is 23.1 Å². The smallest absolute Gasteiger partial charge is 0.344 e. The zero-order chi connectivity index (χ0) is 22.6. The number of nitrogens with zero attached hydrogens (tertiary/aromatic N) is 2. The van der Waals surface area contributed by atoms with Gasteiger partial charge in [0.2, 0.25) is 5.06 Å². The average molecular weight is 471 g/mol. The van der Waals surface area contributed by atoms with Crippen molar-refractivity contribution in [2.45, 2.75) is 18.0 Å². The highest BCUT2D eigenvalue weighted by molar-refractivity contribution is 6.33. The van der Waals surface area contributed by atoms with Crippen LogP contribution in [0.25, 0.3) is 0 Å². The van der Waals surface area contributed by atoms with E-state index < -0.39 is 5.06 Å². The molecule has 1 atom stereocenters. The molecule has 1 saturated heterocycles. The van der Waals surface area contributed by atoms with Gasteiger partial charge in [0.1, 0.15) is 5.75 Å². The lowest BCUT2D eigenvalue weighted by Gasteiger charge is -2.39. The van der Waals surface area contributed by atoms with E-state index in [0.717, 1.165) is 17.7 Å². The number of amides is 2. The lowest BCUT2D eigenvalue weighted by atomic mass is 10.0. The van der Waals surface area contributed by atoms with Crippen LogP contribution in [-0.2, 0) is 16.4 Å². The maximum absolute atomic E-state index is 13.3. The Morgan fingerprint density at radius 3 is 2.25 bits per heavy atom. The molecule has 0 saturated carbocycles. The second-order valence-electron chi connectivity index (χ2n) is 7.54. The van der Waals surface area contributed by atoms with Crippen molar-refractivity contribution >= 4 is 29.2 Å². The normalized spacial score (nSPS) is 14.9. The number of urea groups is 1. The van der Waals surface area contributed by atoms with Gasteiger partial charge in [-0.2, -0.15) is 5.06 Å². The van der Waals surface area contributed by atoms with Gasteiger partial charge in [0.15, 0.2) is 0 Å². The molecule has 3 aromatic rings. The van der Waals surface area contributed by atoms with Crippen molar-refractivity contribution in [3.05, 3.63) is 101 Å². The van der Waals surface area contributed by atoms with E-state index in [0.29, 0.717) is 29.2 Å². The third-order valence-corrected chi connectivity index (χ3v) is 6.25. The number of methoxy groups -OCH3 is 1. The van der Waals surface area contributed by atoms with Crippen molar-refractivity contribution in [3.8, 4) is 5.75 Å². The zero-order valence-corrected chi connectivity index (χ0v) is 19.2. The Hall–Kier alpha value is -2.73. The summed E-state index contributed by atoms with van der Waals surface area (Å²) in [4.78, 5) is 21.4. The molecule has 0 N–H and O–H groups in total. The first-order chi connectivity index (χ1) is 15.5. The van der Waals surface area contributed by atoms with Crippen molar-refractivity contribution in [3.63, 3.8) is 0 Å². The molecule has 5 nitrogen and oxygen atoms in total. The number of halogens is 2. The summed E-state index contributed by atoms with van der Waals surface area (Å²) in [5, 5.41) is 0.281. The third kappa shape index (κ3) is 4.70. The van der Waals surface area contributed by atoms with Gasteiger partial charge in [-0.25, -0.2) is 9.63 Å². The van der Waals surface area contributed by atoms with E-state index in [1.165, 1.54) is 5.06 Å². The topological polar surface area (TPSA) is 42.0 Å². The highest BCUT2D eigenvalue weighted by Gasteiger charge is 2.40. The van der Waals surface area contributed by atoms with Crippen molar-refractivity contribution in [2.75, 3.05) is 20.2 Å². The monoisotopic (exact) mass is 470 g/mol. The summed E-state index contributed by atoms with van der Waals surface area (Å²) in [6, 6.07) is 23.8. The van der Waals surface area contributed by atoms with E-state index in [-0.39, 0.29) is 12.6 Å². The van der Waals surface area contributed by atoms with Crippen LogP contribution < -0.4 is 4.74 Å². The third-order valence-electron chi connectivity index (χ3n) is 5.43. The van der Waals surface area contributed by atoms with Gasteiger partial charge in [-0.15, -0.1) is 0 Å². The molecule has 1 unspecified atom stereocenters. The fourth-order valence-corrected chi connectivity index (χ4v) is 4.18. The number of likely N-dealkylation sites (tertiary alicyclic amines) is 1. The molecule has 1 aliphatic heterocycles. The Bertz CT molecular complexity index is 1060. The largest absolute Gasteiger partial charge is 0.497 e. The first-order valence-electron chi connectivity index (χ1n) is 10.4. The molecule has 0 bridgehead atoms. The van der Waals surface area contributed by atoms with Gasteiger partial charge >= 0.3 is 6.03 Å².